The lowest BCUT2D eigenvalue weighted by Crippen LogP contribution is -2.59. The van der Waals surface area contributed by atoms with Gasteiger partial charge in [0.05, 0.1) is 0 Å². The molecule has 1 aromatic carbocycles. The van der Waals surface area contributed by atoms with Crippen LogP contribution in [0.4, 0.5) is 11.4 Å². The molecule has 5 aliphatic rings. The summed E-state index contributed by atoms with van der Waals surface area (Å²) in [6, 6.07) is 7.84. The fraction of sp³-hybridized carbons (Fsp3) is 0.708. The predicted molar refractivity (Wildman–Crippen MR) is 115 cm³/mol. The van der Waals surface area contributed by atoms with E-state index in [1.165, 1.54) is 50.0 Å². The standard InChI is InChI=1S/C24H35N3O/c1-5-15-10-14-11-19-21-17(8-9-27(13-14)22(15)19)18-12-16(6-7-20(18)26-21)25-23(28)24(2,3)4/h6-7,12,14-15,17,19,21-22,26H,5,8-11,13H2,1-4H3,(H,25,28). The van der Waals surface area contributed by atoms with Crippen LogP contribution < -0.4 is 10.6 Å². The Hall–Kier alpha value is -1.55. The highest BCUT2D eigenvalue weighted by Crippen LogP contribution is 2.53. The van der Waals surface area contributed by atoms with Gasteiger partial charge in [-0.1, -0.05) is 34.1 Å². The summed E-state index contributed by atoms with van der Waals surface area (Å²) in [5.41, 5.74) is 3.30. The lowest BCUT2D eigenvalue weighted by Gasteiger charge is -2.54. The van der Waals surface area contributed by atoms with E-state index in [4.69, 9.17) is 0 Å². The van der Waals surface area contributed by atoms with E-state index in [0.717, 1.165) is 29.5 Å². The molecule has 0 spiro atoms. The number of nitrogens with one attached hydrogen (secondary N) is 2. The van der Waals surface area contributed by atoms with E-state index in [0.29, 0.717) is 12.0 Å². The van der Waals surface area contributed by atoms with Crippen LogP contribution in [-0.4, -0.2) is 36.0 Å². The second kappa shape index (κ2) is 6.48. The first-order valence-electron chi connectivity index (χ1n) is 11.3. The van der Waals surface area contributed by atoms with Crippen LogP contribution in [0.25, 0.3) is 0 Å². The second-order valence-electron chi connectivity index (χ2n) is 10.7. The van der Waals surface area contributed by atoms with E-state index in [9.17, 15) is 4.79 Å². The molecule has 1 aliphatic carbocycles. The van der Waals surface area contributed by atoms with Gasteiger partial charge in [-0.15, -0.1) is 0 Å². The zero-order chi connectivity index (χ0) is 19.6. The molecule has 0 radical (unpaired) electrons. The molecule has 1 saturated carbocycles. The summed E-state index contributed by atoms with van der Waals surface area (Å²) in [6.07, 6.45) is 5.40. The summed E-state index contributed by atoms with van der Waals surface area (Å²) in [6.45, 7) is 10.8. The second-order valence-corrected chi connectivity index (χ2v) is 10.7. The molecule has 3 saturated heterocycles. The van der Waals surface area contributed by atoms with Gasteiger partial charge in [0.15, 0.2) is 0 Å². The van der Waals surface area contributed by atoms with Crippen LogP contribution >= 0.6 is 0 Å². The molecule has 7 atom stereocenters. The minimum absolute atomic E-state index is 0.0842. The maximum atomic E-state index is 12.4. The molecule has 7 unspecified atom stereocenters. The van der Waals surface area contributed by atoms with Gasteiger partial charge in [-0.25, -0.2) is 0 Å². The average Bonchev–Trinajstić information content (AvgIpc) is 2.98. The molecule has 6 rings (SSSR count). The number of hydrogen-bond donors (Lipinski definition) is 2. The number of carbonyl (C=O) groups is 1. The van der Waals surface area contributed by atoms with Crippen molar-refractivity contribution in [3.8, 4) is 0 Å². The minimum atomic E-state index is -0.374. The molecule has 28 heavy (non-hydrogen) atoms. The van der Waals surface area contributed by atoms with E-state index in [-0.39, 0.29) is 11.3 Å². The molecule has 4 nitrogen and oxygen atoms in total. The Bertz CT molecular complexity index is 783. The SMILES string of the molecule is CCC1CC2CC3C4Nc5ccc(NC(=O)C(C)(C)C)cc5C4CCN(C2)C13. The molecular weight excluding hydrogens is 346 g/mol. The van der Waals surface area contributed by atoms with Gasteiger partial charge in [-0.2, -0.15) is 0 Å². The molecule has 0 aromatic heterocycles. The lowest BCUT2D eigenvalue weighted by molar-refractivity contribution is -0.123. The summed E-state index contributed by atoms with van der Waals surface area (Å²) in [5, 5.41) is 7.07. The predicted octanol–water partition coefficient (Wildman–Crippen LogP) is 4.69. The van der Waals surface area contributed by atoms with E-state index in [2.05, 4.69) is 40.7 Å². The van der Waals surface area contributed by atoms with Crippen LogP contribution in [0.1, 0.15) is 64.9 Å². The first-order chi connectivity index (χ1) is 13.3. The van der Waals surface area contributed by atoms with Crippen molar-refractivity contribution in [1.82, 2.24) is 4.90 Å². The molecule has 4 aliphatic heterocycles. The van der Waals surface area contributed by atoms with Crippen molar-refractivity contribution in [1.29, 1.82) is 0 Å². The highest BCUT2D eigenvalue weighted by atomic mass is 16.2. The van der Waals surface area contributed by atoms with Gasteiger partial charge < -0.3 is 10.6 Å². The fourth-order valence-electron chi connectivity index (χ4n) is 6.63. The van der Waals surface area contributed by atoms with Gasteiger partial charge in [-0.3, -0.25) is 9.69 Å². The van der Waals surface area contributed by atoms with Gasteiger partial charge in [0.25, 0.3) is 0 Å². The van der Waals surface area contributed by atoms with Gasteiger partial charge in [0.2, 0.25) is 5.91 Å². The topological polar surface area (TPSA) is 44.4 Å². The Morgan fingerprint density at radius 1 is 1.29 bits per heavy atom. The zero-order valence-corrected chi connectivity index (χ0v) is 17.8. The van der Waals surface area contributed by atoms with Crippen molar-refractivity contribution < 1.29 is 4.79 Å². The normalized spacial score (nSPS) is 38.2. The van der Waals surface area contributed by atoms with Gasteiger partial charge in [-0.05, 0) is 67.3 Å². The first kappa shape index (κ1) is 18.5. The van der Waals surface area contributed by atoms with E-state index >= 15 is 0 Å². The average molecular weight is 382 g/mol. The van der Waals surface area contributed by atoms with Crippen LogP contribution in [0, 0.1) is 23.2 Å². The summed E-state index contributed by atoms with van der Waals surface area (Å²) in [4.78, 5) is 15.3. The number of benzene rings is 1. The van der Waals surface area contributed by atoms with Crippen molar-refractivity contribution in [2.75, 3.05) is 23.7 Å². The number of nitrogens with zero attached hydrogens (tertiary/aromatic N) is 1. The number of carbonyl (C=O) groups excluding carboxylic acids is 1. The maximum Gasteiger partial charge on any atom is 0.229 e. The molecule has 152 valence electrons. The molecular formula is C24H35N3O. The minimum Gasteiger partial charge on any atom is -0.381 e. The largest absolute Gasteiger partial charge is 0.381 e. The molecule has 4 heterocycles. The molecule has 4 heteroatoms. The van der Waals surface area contributed by atoms with Gasteiger partial charge >= 0.3 is 0 Å². The number of fused-ring (bicyclic) bond motifs is 4. The van der Waals surface area contributed by atoms with Crippen LogP contribution in [0.2, 0.25) is 0 Å². The third-order valence-electron chi connectivity index (χ3n) is 7.94. The molecule has 4 fully saturated rings. The maximum absolute atomic E-state index is 12.4. The number of piperidine rings is 2. The van der Waals surface area contributed by atoms with Crippen LogP contribution in [-0.2, 0) is 4.79 Å². The number of hydrogen-bond acceptors (Lipinski definition) is 3. The Labute approximate surface area is 169 Å². The fourth-order valence-corrected chi connectivity index (χ4v) is 6.63. The quantitative estimate of drug-likeness (QED) is 0.781. The van der Waals surface area contributed by atoms with Gasteiger partial charge in [0, 0.05) is 41.3 Å². The van der Waals surface area contributed by atoms with Crippen LogP contribution in [0.5, 0.6) is 0 Å². The summed E-state index contributed by atoms with van der Waals surface area (Å²) < 4.78 is 0. The lowest BCUT2D eigenvalue weighted by atomic mass is 9.63. The number of anilines is 2. The van der Waals surface area contributed by atoms with Crippen LogP contribution in [0.3, 0.4) is 0 Å². The number of amides is 1. The monoisotopic (exact) mass is 381 g/mol. The first-order valence-corrected chi connectivity index (χ1v) is 11.3. The highest BCUT2D eigenvalue weighted by molar-refractivity contribution is 5.94. The summed E-state index contributed by atoms with van der Waals surface area (Å²) in [5.74, 6) is 3.20. The Balaban J connectivity index is 1.43. The molecule has 4 bridgehead atoms. The van der Waals surface area contributed by atoms with E-state index in [1.54, 1.807) is 0 Å². The smallest absolute Gasteiger partial charge is 0.229 e. The Morgan fingerprint density at radius 2 is 2.11 bits per heavy atom. The molecule has 1 aromatic rings. The van der Waals surface area contributed by atoms with Crippen molar-refractivity contribution in [3.63, 3.8) is 0 Å². The van der Waals surface area contributed by atoms with E-state index in [1.807, 2.05) is 20.8 Å². The van der Waals surface area contributed by atoms with E-state index < -0.39 is 0 Å². The molecule has 2 N–H and O–H groups in total. The third-order valence-corrected chi connectivity index (χ3v) is 7.94. The van der Waals surface area contributed by atoms with Crippen molar-refractivity contribution in [2.45, 2.75) is 71.4 Å². The number of rotatable bonds is 2. The third kappa shape index (κ3) is 2.87. The van der Waals surface area contributed by atoms with Crippen molar-refractivity contribution >= 4 is 17.3 Å². The Morgan fingerprint density at radius 3 is 2.86 bits per heavy atom. The van der Waals surface area contributed by atoms with Gasteiger partial charge in [0.1, 0.15) is 0 Å². The van der Waals surface area contributed by atoms with Crippen molar-refractivity contribution in [3.05, 3.63) is 23.8 Å². The summed E-state index contributed by atoms with van der Waals surface area (Å²) in [7, 11) is 0. The zero-order valence-electron chi connectivity index (χ0n) is 17.8. The van der Waals surface area contributed by atoms with Crippen LogP contribution in [0.15, 0.2) is 18.2 Å². The molecule has 1 amide bonds. The Kier molecular flexibility index (Phi) is 4.28. The summed E-state index contributed by atoms with van der Waals surface area (Å²) >= 11 is 0. The van der Waals surface area contributed by atoms with Crippen molar-refractivity contribution in [2.24, 2.45) is 23.2 Å². The highest BCUT2D eigenvalue weighted by Gasteiger charge is 2.53.